The van der Waals surface area contributed by atoms with Crippen LogP contribution < -0.4 is 0 Å². The van der Waals surface area contributed by atoms with Crippen LogP contribution in [-0.4, -0.2) is 11.2 Å². The topological polar surface area (TPSA) is 20.2 Å². The number of allylic oxidation sites excluding steroid dienone is 1. The van der Waals surface area contributed by atoms with Gasteiger partial charge in [-0.3, -0.25) is 0 Å². The zero-order chi connectivity index (χ0) is 19.2. The predicted molar refractivity (Wildman–Crippen MR) is 114 cm³/mol. The molecule has 0 amide bonds. The molecule has 0 aromatic heterocycles. The van der Waals surface area contributed by atoms with Crippen molar-refractivity contribution in [2.45, 2.75) is 104 Å². The van der Waals surface area contributed by atoms with E-state index in [1.54, 1.807) is 5.57 Å². The molecule has 0 spiro atoms. The summed E-state index contributed by atoms with van der Waals surface area (Å²) >= 11 is 0. The second-order valence-corrected chi connectivity index (χ2v) is 11.2. The number of aliphatic hydroxyl groups is 1. The molecule has 4 rings (SSSR count). The van der Waals surface area contributed by atoms with Crippen LogP contribution in [0, 0.1) is 61.1 Å². The Kier molecular flexibility index (Phi) is 7.06. The van der Waals surface area contributed by atoms with Gasteiger partial charge in [0.05, 0.1) is 6.10 Å². The average Bonchev–Trinajstić information content (AvgIpc) is 3.00. The number of aliphatic hydroxyl groups excluding tert-OH is 1. The third kappa shape index (κ3) is 3.65. The Balaban J connectivity index is 0.00000225. The first-order chi connectivity index (χ1) is 12.9. The zero-order valence-corrected chi connectivity index (χ0v) is 21.9. The third-order valence-corrected chi connectivity index (χ3v) is 9.99. The van der Waals surface area contributed by atoms with Crippen LogP contribution in [0.2, 0.25) is 0 Å². The van der Waals surface area contributed by atoms with E-state index in [9.17, 15) is 5.11 Å². The maximum absolute atomic E-state index is 10.2. The van der Waals surface area contributed by atoms with Gasteiger partial charge in [0.25, 0.3) is 0 Å². The Bertz CT molecular complexity index is 571. The van der Waals surface area contributed by atoms with Gasteiger partial charge in [-0.25, -0.2) is 0 Å². The van der Waals surface area contributed by atoms with E-state index in [1.165, 1.54) is 57.8 Å². The molecule has 1 N–H and O–H groups in total. The molecule has 28 heavy (non-hydrogen) atoms. The molecule has 2 heteroatoms. The van der Waals surface area contributed by atoms with Crippen molar-refractivity contribution in [3.8, 4) is 0 Å². The molecule has 0 bridgehead atoms. The van der Waals surface area contributed by atoms with Gasteiger partial charge in [-0.2, -0.15) is 13.3 Å². The average molecular weight is 615 g/mol. The second-order valence-electron chi connectivity index (χ2n) is 11.2. The molecule has 4 aliphatic rings. The van der Waals surface area contributed by atoms with E-state index in [0.717, 1.165) is 42.4 Å². The Morgan fingerprint density at radius 3 is 2.68 bits per heavy atom. The predicted octanol–water partition coefficient (Wildman–Crippen LogP) is 6.96. The monoisotopic (exact) mass is 612 g/mol. The summed E-state index contributed by atoms with van der Waals surface area (Å²) in [6.07, 6.45) is 19.3. The third-order valence-electron chi connectivity index (χ3n) is 9.99. The molecule has 0 aliphatic heterocycles. The molecule has 0 heterocycles. The summed E-state index contributed by atoms with van der Waals surface area (Å²) in [6.45, 7) is 10.00. The van der Waals surface area contributed by atoms with Gasteiger partial charge >= 0.3 is 0 Å². The molecule has 0 saturated heterocycles. The molecule has 0 unspecified atom stereocenters. The van der Waals surface area contributed by atoms with Gasteiger partial charge in [0, 0.05) is 14.3 Å². The van der Waals surface area contributed by atoms with Crippen LogP contribution in [0.3, 0.4) is 0 Å². The van der Waals surface area contributed by atoms with Crippen molar-refractivity contribution >= 4 is 0 Å². The van der Waals surface area contributed by atoms with Crippen molar-refractivity contribution in [2.24, 2.45) is 40.4 Å². The molecule has 8 atom stereocenters. The molecular formula is C26H43AmO-. The Labute approximate surface area is 182 Å². The van der Waals surface area contributed by atoms with E-state index in [-0.39, 0.29) is 20.4 Å². The Hall–Kier alpha value is 0.0896. The van der Waals surface area contributed by atoms with Crippen molar-refractivity contribution in [1.29, 1.82) is 0 Å². The van der Waals surface area contributed by atoms with E-state index < -0.39 is 0 Å². The molecule has 3 fully saturated rings. The Morgan fingerprint density at radius 1 is 1.14 bits per heavy atom. The quantitative estimate of drug-likeness (QED) is 0.202. The maximum atomic E-state index is 10.2. The molecule has 4 aliphatic carbocycles. The first kappa shape index (κ1) is 22.8. The fourth-order valence-electron chi connectivity index (χ4n) is 8.46. The van der Waals surface area contributed by atoms with E-state index >= 15 is 0 Å². The van der Waals surface area contributed by atoms with Crippen molar-refractivity contribution in [1.82, 2.24) is 0 Å². The first-order valence-corrected chi connectivity index (χ1v) is 12.1. The molecule has 3 saturated carbocycles. The van der Waals surface area contributed by atoms with Gasteiger partial charge in [0.2, 0.25) is 0 Å². The number of fused-ring (bicyclic) bond motifs is 5. The van der Waals surface area contributed by atoms with Gasteiger partial charge in [0.1, 0.15) is 0 Å². The maximum Gasteiger partial charge on any atom is 0.0577 e. The summed E-state index contributed by atoms with van der Waals surface area (Å²) in [7, 11) is 0. The van der Waals surface area contributed by atoms with Crippen LogP contribution >= 0.6 is 0 Å². The smallest absolute Gasteiger partial charge is 0.0577 e. The molecular weight excluding hydrogens is 571 g/mol. The van der Waals surface area contributed by atoms with Crippen LogP contribution in [0.4, 0.5) is 0 Å². The van der Waals surface area contributed by atoms with E-state index in [1.807, 2.05) is 0 Å². The van der Waals surface area contributed by atoms with Crippen molar-refractivity contribution in [2.75, 3.05) is 0 Å². The van der Waals surface area contributed by atoms with Crippen LogP contribution in [-0.2, 0) is 0 Å². The summed E-state index contributed by atoms with van der Waals surface area (Å²) in [5, 5.41) is 10.2. The normalized spacial score (nSPS) is 45.9. The van der Waals surface area contributed by atoms with E-state index in [2.05, 4.69) is 40.2 Å². The molecule has 1 nitrogen and oxygen atoms in total. The van der Waals surface area contributed by atoms with E-state index in [4.69, 9.17) is 0 Å². The van der Waals surface area contributed by atoms with Gasteiger partial charge < -0.3 is 11.5 Å². The minimum absolute atomic E-state index is 0. The van der Waals surface area contributed by atoms with Gasteiger partial charge in [-0.15, -0.1) is 0 Å². The number of hydrogen-bond donors (Lipinski definition) is 1. The van der Waals surface area contributed by atoms with Crippen molar-refractivity contribution in [3.05, 3.63) is 18.1 Å². The second kappa shape index (κ2) is 8.68. The first-order valence-electron chi connectivity index (χ1n) is 12.1. The fourth-order valence-corrected chi connectivity index (χ4v) is 8.46. The summed E-state index contributed by atoms with van der Waals surface area (Å²) < 4.78 is 0. The molecule has 0 aromatic carbocycles. The largest absolute Gasteiger partial charge is 0.393 e. The standard InChI is InChI=1S/C26H43O.Am/c1-5-6-7-8-18(2)22-11-12-23-21-10-9-19-17-20(27)13-15-25(19,3)24(21)14-16-26(22,23)4;/h5,9,18,20-24,27H,6-8,10-17H2,1-4H3;/q-1;/t18-,20+,21+,22-,23+,24+,25+,26-;/m1./s1. The zero-order valence-electron chi connectivity index (χ0n) is 18.7. The number of hydrogen-bond acceptors (Lipinski definition) is 1. The van der Waals surface area contributed by atoms with Crippen LogP contribution in [0.25, 0.3) is 0 Å². The van der Waals surface area contributed by atoms with E-state index in [0.29, 0.717) is 10.8 Å². The summed E-state index contributed by atoms with van der Waals surface area (Å²) in [5.74, 6) is 4.59. The summed E-state index contributed by atoms with van der Waals surface area (Å²) in [6, 6.07) is 0. The minimum atomic E-state index is -0.0770. The van der Waals surface area contributed by atoms with Crippen LogP contribution in [0.15, 0.2) is 11.6 Å². The minimum Gasteiger partial charge on any atom is -0.393 e. The fraction of sp³-hybridized carbons (Fsp3) is 0.885. The number of rotatable bonds is 5. The van der Waals surface area contributed by atoms with Gasteiger partial charge in [0.15, 0.2) is 0 Å². The Morgan fingerprint density at radius 2 is 1.93 bits per heavy atom. The SMILES string of the molecule is C[CH-]CCC[C@@H](C)[C@H]1CC[C@H]2[C@@H]3CC=C4C[C@@H](O)CC[C@]4(C)[C@H]3CC[C@]12C.[Am]. The summed E-state index contributed by atoms with van der Waals surface area (Å²) in [5.41, 5.74) is 2.60. The molecule has 1 radical (unpaired) electrons. The van der Waals surface area contributed by atoms with Gasteiger partial charge in [-0.05, 0) is 91.8 Å². The van der Waals surface area contributed by atoms with Gasteiger partial charge in [-0.1, -0.05) is 45.3 Å². The molecule has 0 aromatic rings. The van der Waals surface area contributed by atoms with Crippen molar-refractivity contribution < 1.29 is 19.4 Å². The van der Waals surface area contributed by atoms with Crippen molar-refractivity contribution in [3.63, 3.8) is 0 Å². The number of unbranched alkanes of at least 4 members (excludes halogenated alkanes) is 2. The van der Waals surface area contributed by atoms with Crippen LogP contribution in [0.1, 0.15) is 98.3 Å². The molecule has 161 valence electrons. The van der Waals surface area contributed by atoms with Crippen LogP contribution in [0.5, 0.6) is 0 Å². The summed E-state index contributed by atoms with van der Waals surface area (Å²) in [4.78, 5) is 0.